The summed E-state index contributed by atoms with van der Waals surface area (Å²) in [5.41, 5.74) is 4.03. The number of aromatic nitrogens is 3. The molecule has 2 aromatic heterocycles. The molecule has 0 saturated carbocycles. The van der Waals surface area contributed by atoms with Crippen LogP contribution in [0.1, 0.15) is 37.1 Å². The van der Waals surface area contributed by atoms with Crippen LogP contribution in [0.25, 0.3) is 16.8 Å². The molecule has 8 heteroatoms. The molecule has 7 nitrogen and oxygen atoms in total. The lowest BCUT2D eigenvalue weighted by molar-refractivity contribution is 0.317. The maximum atomic E-state index is 12.7. The molecule has 1 aromatic carbocycles. The summed E-state index contributed by atoms with van der Waals surface area (Å²) >= 11 is 0. The molecule has 1 aliphatic rings. The van der Waals surface area contributed by atoms with Crippen molar-refractivity contribution in [3.63, 3.8) is 0 Å². The van der Waals surface area contributed by atoms with Gasteiger partial charge in [0.1, 0.15) is 0 Å². The minimum absolute atomic E-state index is 0.0832. The molecule has 0 unspecified atom stereocenters. The summed E-state index contributed by atoms with van der Waals surface area (Å²) in [6.07, 6.45) is 1.35. The van der Waals surface area contributed by atoms with Crippen molar-refractivity contribution < 1.29 is 8.42 Å². The van der Waals surface area contributed by atoms with Crippen molar-refractivity contribution in [1.82, 2.24) is 18.9 Å². The zero-order valence-electron chi connectivity index (χ0n) is 16.1. The largest absolute Gasteiger partial charge is 0.293 e. The van der Waals surface area contributed by atoms with Gasteiger partial charge in [0.2, 0.25) is 10.0 Å². The topological polar surface area (TPSA) is 87.5 Å². The number of H-pyrrole nitrogens is 1. The Bertz CT molecular complexity index is 1160. The van der Waals surface area contributed by atoms with Gasteiger partial charge >= 0.3 is 0 Å². The van der Waals surface area contributed by atoms with E-state index in [4.69, 9.17) is 4.98 Å². The van der Waals surface area contributed by atoms with Crippen LogP contribution in [0.3, 0.4) is 0 Å². The standard InChI is InChI=1S/C20H24N4O3S/c1-3-28(26,27)23-11-9-15(10-12-23)17-13-18(25)24-20(21-17)19(14(2)22-24)16-7-5-4-6-8-16/h4-8,13,15,22H,3,9-12H2,1-2H3. The van der Waals surface area contributed by atoms with Gasteiger partial charge in [0, 0.05) is 36.3 Å². The number of piperidine rings is 1. The van der Waals surface area contributed by atoms with Crippen LogP contribution in [0.5, 0.6) is 0 Å². The van der Waals surface area contributed by atoms with E-state index in [0.717, 1.165) is 22.5 Å². The molecule has 0 atom stereocenters. The van der Waals surface area contributed by atoms with Crippen molar-refractivity contribution in [2.75, 3.05) is 18.8 Å². The van der Waals surface area contributed by atoms with Crippen LogP contribution in [0.4, 0.5) is 0 Å². The predicted molar refractivity (Wildman–Crippen MR) is 109 cm³/mol. The number of fused-ring (bicyclic) bond motifs is 1. The fourth-order valence-electron chi connectivity index (χ4n) is 3.94. The molecule has 0 bridgehead atoms. The molecule has 0 amide bonds. The van der Waals surface area contributed by atoms with E-state index in [-0.39, 0.29) is 17.2 Å². The number of sulfonamides is 1. The summed E-state index contributed by atoms with van der Waals surface area (Å²) in [4.78, 5) is 17.5. The Morgan fingerprint density at radius 2 is 1.86 bits per heavy atom. The van der Waals surface area contributed by atoms with Gasteiger partial charge in [-0.25, -0.2) is 22.2 Å². The highest BCUT2D eigenvalue weighted by molar-refractivity contribution is 7.89. The van der Waals surface area contributed by atoms with E-state index in [9.17, 15) is 13.2 Å². The molecular formula is C20H24N4O3S. The van der Waals surface area contributed by atoms with Crippen LogP contribution in [0, 0.1) is 6.92 Å². The van der Waals surface area contributed by atoms with Crippen LogP contribution in [0.15, 0.2) is 41.2 Å². The average molecular weight is 401 g/mol. The zero-order valence-corrected chi connectivity index (χ0v) is 16.9. The van der Waals surface area contributed by atoms with Crippen molar-refractivity contribution in [2.24, 2.45) is 0 Å². The van der Waals surface area contributed by atoms with Crippen molar-refractivity contribution in [3.8, 4) is 11.1 Å². The number of hydrogen-bond donors (Lipinski definition) is 1. The van der Waals surface area contributed by atoms with Crippen molar-refractivity contribution >= 4 is 15.7 Å². The summed E-state index contributed by atoms with van der Waals surface area (Å²) in [6.45, 7) is 4.54. The SMILES string of the molecule is CCS(=O)(=O)N1CCC(c2cc(=O)n3[nH]c(C)c(-c4ccccc4)c3n2)CC1. The van der Waals surface area contributed by atoms with Gasteiger partial charge in [-0.2, -0.15) is 0 Å². The summed E-state index contributed by atoms with van der Waals surface area (Å²) in [5.74, 6) is 0.201. The highest BCUT2D eigenvalue weighted by Crippen LogP contribution is 2.30. The number of hydrogen-bond acceptors (Lipinski definition) is 4. The number of nitrogens with one attached hydrogen (secondary N) is 1. The van der Waals surface area contributed by atoms with Crippen LogP contribution in [0.2, 0.25) is 0 Å². The first-order valence-electron chi connectivity index (χ1n) is 9.56. The highest BCUT2D eigenvalue weighted by atomic mass is 32.2. The Labute approximate surface area is 164 Å². The highest BCUT2D eigenvalue weighted by Gasteiger charge is 2.29. The van der Waals surface area contributed by atoms with E-state index in [1.807, 2.05) is 37.3 Å². The van der Waals surface area contributed by atoms with Crippen molar-refractivity contribution in [3.05, 3.63) is 58.1 Å². The molecule has 4 rings (SSSR count). The third-order valence-electron chi connectivity index (χ3n) is 5.51. The Morgan fingerprint density at radius 1 is 1.18 bits per heavy atom. The van der Waals surface area contributed by atoms with E-state index in [1.54, 1.807) is 17.3 Å². The van der Waals surface area contributed by atoms with E-state index < -0.39 is 10.0 Å². The minimum atomic E-state index is -3.17. The Morgan fingerprint density at radius 3 is 2.50 bits per heavy atom. The first kappa shape index (κ1) is 18.9. The van der Waals surface area contributed by atoms with Gasteiger partial charge in [0.05, 0.1) is 11.4 Å². The zero-order chi connectivity index (χ0) is 19.9. The van der Waals surface area contributed by atoms with Gasteiger partial charge in [-0.05, 0) is 32.3 Å². The number of aryl methyl sites for hydroxylation is 1. The summed E-state index contributed by atoms with van der Waals surface area (Å²) in [7, 11) is -3.17. The molecule has 0 radical (unpaired) electrons. The molecule has 1 saturated heterocycles. The van der Waals surface area contributed by atoms with Gasteiger partial charge in [-0.3, -0.25) is 9.89 Å². The van der Waals surface area contributed by atoms with Gasteiger partial charge in [-0.1, -0.05) is 30.3 Å². The van der Waals surface area contributed by atoms with Crippen LogP contribution in [-0.4, -0.2) is 46.2 Å². The van der Waals surface area contributed by atoms with Gasteiger partial charge in [-0.15, -0.1) is 0 Å². The third kappa shape index (κ3) is 3.27. The van der Waals surface area contributed by atoms with Gasteiger partial charge in [0.15, 0.2) is 5.65 Å². The third-order valence-corrected chi connectivity index (χ3v) is 7.39. The number of benzene rings is 1. The molecule has 3 heterocycles. The lowest BCUT2D eigenvalue weighted by atomic mass is 9.94. The van der Waals surface area contributed by atoms with Crippen molar-refractivity contribution in [2.45, 2.75) is 32.6 Å². The van der Waals surface area contributed by atoms with E-state index in [2.05, 4.69) is 5.10 Å². The van der Waals surface area contributed by atoms with Gasteiger partial charge in [0.25, 0.3) is 5.56 Å². The van der Waals surface area contributed by atoms with Crippen LogP contribution < -0.4 is 5.56 Å². The first-order chi connectivity index (χ1) is 13.4. The van der Waals surface area contributed by atoms with E-state index in [1.165, 1.54) is 4.52 Å². The van der Waals surface area contributed by atoms with Crippen molar-refractivity contribution in [1.29, 1.82) is 0 Å². The second-order valence-corrected chi connectivity index (χ2v) is 9.49. The van der Waals surface area contributed by atoms with E-state index >= 15 is 0 Å². The lowest BCUT2D eigenvalue weighted by Crippen LogP contribution is -2.39. The van der Waals surface area contributed by atoms with E-state index in [0.29, 0.717) is 31.6 Å². The fraction of sp³-hybridized carbons (Fsp3) is 0.400. The smallest absolute Gasteiger partial charge is 0.272 e. The molecule has 1 fully saturated rings. The predicted octanol–water partition coefficient (Wildman–Crippen LogP) is 2.53. The van der Waals surface area contributed by atoms with Crippen LogP contribution in [-0.2, 0) is 10.0 Å². The molecule has 148 valence electrons. The molecular weight excluding hydrogens is 376 g/mol. The maximum Gasteiger partial charge on any atom is 0.272 e. The van der Waals surface area contributed by atoms with Gasteiger partial charge < -0.3 is 0 Å². The minimum Gasteiger partial charge on any atom is -0.293 e. The summed E-state index contributed by atoms with van der Waals surface area (Å²) in [6, 6.07) is 11.5. The second-order valence-electron chi connectivity index (χ2n) is 7.23. The number of rotatable bonds is 4. The molecule has 0 aliphatic carbocycles. The Kier molecular flexibility index (Phi) is 4.84. The fourth-order valence-corrected chi connectivity index (χ4v) is 5.07. The quantitative estimate of drug-likeness (QED) is 0.729. The first-order valence-corrected chi connectivity index (χ1v) is 11.2. The maximum absolute atomic E-state index is 12.7. The molecule has 1 N–H and O–H groups in total. The molecule has 1 aliphatic heterocycles. The summed E-state index contributed by atoms with van der Waals surface area (Å²) in [5, 5.41) is 3.11. The Balaban J connectivity index is 1.71. The summed E-state index contributed by atoms with van der Waals surface area (Å²) < 4.78 is 27.2. The Hall–Kier alpha value is -2.45. The van der Waals surface area contributed by atoms with Crippen LogP contribution >= 0.6 is 0 Å². The number of aromatic amines is 1. The lowest BCUT2D eigenvalue weighted by Gasteiger charge is -2.30. The average Bonchev–Trinajstić information content (AvgIpc) is 3.05. The molecule has 0 spiro atoms. The normalized spacial score (nSPS) is 16.6. The number of nitrogens with zero attached hydrogens (tertiary/aromatic N) is 3. The second kappa shape index (κ2) is 7.18. The monoisotopic (exact) mass is 400 g/mol. The molecule has 28 heavy (non-hydrogen) atoms. The molecule has 3 aromatic rings.